The monoisotopic (exact) mass is 117 g/mol. The third-order valence-electron chi connectivity index (χ3n) is 0.165. The number of halogens is 4. The molecule has 0 amide bonds. The highest BCUT2D eigenvalue weighted by molar-refractivity contribution is 6.43. The second-order valence-corrected chi connectivity index (χ2v) is 1.61. The molecule has 0 nitrogen and oxygen atoms in total. The molecule has 0 N–H and O–H groups in total. The molecule has 1 radical (unpaired) electrons. The molecule has 0 aliphatic rings. The van der Waals surface area contributed by atoms with E-state index in [-0.39, 0.29) is 0 Å². The Morgan fingerprint density at radius 3 is 1.33 bits per heavy atom. The standard InChI is InChI=1S/CHF4Si/c2-1(3)6(4)5/h1H. The first-order chi connectivity index (χ1) is 2.64. The fourth-order valence-electron chi connectivity index (χ4n) is 0. The van der Waals surface area contributed by atoms with Crippen molar-refractivity contribution in [1.82, 2.24) is 0 Å². The van der Waals surface area contributed by atoms with Crippen LogP contribution in [0.25, 0.3) is 0 Å². The van der Waals surface area contributed by atoms with Crippen molar-refractivity contribution in [3.05, 3.63) is 0 Å². The molecular formula is CHF4Si. The molecule has 0 aromatic rings. The van der Waals surface area contributed by atoms with Gasteiger partial charge in [-0.2, -0.15) is 0 Å². The fraction of sp³-hybridized carbons (Fsp3) is 1.00. The molecular weight excluding hydrogens is 116 g/mol. The SMILES string of the molecule is FC(F)[Si](F)F. The maximum absolute atomic E-state index is 10.5. The summed E-state index contributed by atoms with van der Waals surface area (Å²) in [6.07, 6.45) is 0. The molecule has 0 aromatic heterocycles. The summed E-state index contributed by atoms with van der Waals surface area (Å²) in [6, 6.07) is -3.38. The Labute approximate surface area is 33.7 Å². The van der Waals surface area contributed by atoms with Gasteiger partial charge in [0, 0.05) is 0 Å². The van der Waals surface area contributed by atoms with Crippen molar-refractivity contribution in [3.63, 3.8) is 0 Å². The van der Waals surface area contributed by atoms with Gasteiger partial charge in [-0.15, -0.1) is 0 Å². The smallest absolute Gasteiger partial charge is 0.262 e. The second-order valence-electron chi connectivity index (χ2n) is 0.590. The summed E-state index contributed by atoms with van der Waals surface area (Å²) in [6.45, 7) is 0. The van der Waals surface area contributed by atoms with Crippen LogP contribution in [0.1, 0.15) is 0 Å². The van der Waals surface area contributed by atoms with E-state index in [4.69, 9.17) is 0 Å². The Morgan fingerprint density at radius 1 is 1.17 bits per heavy atom. The predicted molar refractivity (Wildman–Crippen MR) is 14.0 cm³/mol. The Balaban J connectivity index is 2.99. The second kappa shape index (κ2) is 2.17. The molecule has 6 heavy (non-hydrogen) atoms. The summed E-state index contributed by atoms with van der Waals surface area (Å²) < 4.78 is 41.9. The highest BCUT2D eigenvalue weighted by Crippen LogP contribution is 1.99. The van der Waals surface area contributed by atoms with E-state index in [1.165, 1.54) is 0 Å². The van der Waals surface area contributed by atoms with Gasteiger partial charge in [-0.3, -0.25) is 8.22 Å². The van der Waals surface area contributed by atoms with Crippen LogP contribution in [0.4, 0.5) is 17.0 Å². The van der Waals surface area contributed by atoms with Crippen LogP contribution in [0.5, 0.6) is 0 Å². The van der Waals surface area contributed by atoms with Crippen molar-refractivity contribution >= 4 is 9.46 Å². The summed E-state index contributed by atoms with van der Waals surface area (Å²) in [4.78, 5) is 0. The van der Waals surface area contributed by atoms with Gasteiger partial charge in [0.1, 0.15) is 0 Å². The zero-order valence-electron chi connectivity index (χ0n) is 2.59. The van der Waals surface area contributed by atoms with Gasteiger partial charge >= 0.3 is 9.46 Å². The van der Waals surface area contributed by atoms with E-state index >= 15 is 0 Å². The van der Waals surface area contributed by atoms with Crippen LogP contribution < -0.4 is 0 Å². The molecule has 0 bridgehead atoms. The van der Waals surface area contributed by atoms with Crippen molar-refractivity contribution in [2.45, 2.75) is 6.05 Å². The molecule has 0 saturated heterocycles. The van der Waals surface area contributed by atoms with Crippen LogP contribution in [-0.2, 0) is 0 Å². The average Bonchev–Trinajstić information content (AvgIpc) is 1.36. The van der Waals surface area contributed by atoms with Crippen molar-refractivity contribution in [2.24, 2.45) is 0 Å². The van der Waals surface area contributed by atoms with Gasteiger partial charge in [0.05, 0.1) is 0 Å². The quantitative estimate of drug-likeness (QED) is 0.275. The average molecular weight is 117 g/mol. The van der Waals surface area contributed by atoms with Crippen LogP contribution in [0.2, 0.25) is 0 Å². The number of alkyl halides is 2. The van der Waals surface area contributed by atoms with Crippen LogP contribution in [-0.4, -0.2) is 15.5 Å². The molecule has 5 heteroatoms. The molecule has 0 fully saturated rings. The van der Waals surface area contributed by atoms with E-state index in [0.29, 0.717) is 0 Å². The van der Waals surface area contributed by atoms with Gasteiger partial charge in [-0.1, -0.05) is 0 Å². The molecule has 0 aliphatic heterocycles. The number of rotatable bonds is 1. The Morgan fingerprint density at radius 2 is 1.33 bits per heavy atom. The first kappa shape index (κ1) is 5.94. The van der Waals surface area contributed by atoms with E-state index in [9.17, 15) is 17.0 Å². The summed E-state index contributed by atoms with van der Waals surface area (Å²) >= 11 is 0. The zero-order valence-corrected chi connectivity index (χ0v) is 3.59. The van der Waals surface area contributed by atoms with Crippen molar-refractivity contribution in [1.29, 1.82) is 0 Å². The summed E-state index contributed by atoms with van der Waals surface area (Å²) in [7, 11) is -4.28. The van der Waals surface area contributed by atoms with Crippen molar-refractivity contribution in [2.75, 3.05) is 0 Å². The maximum atomic E-state index is 10.5. The van der Waals surface area contributed by atoms with E-state index in [0.717, 1.165) is 0 Å². The van der Waals surface area contributed by atoms with Gasteiger partial charge in [-0.05, 0) is 0 Å². The molecule has 37 valence electrons. The minimum absolute atomic E-state index is 3.38. The maximum Gasteiger partial charge on any atom is 0.544 e. The van der Waals surface area contributed by atoms with Crippen LogP contribution >= 0.6 is 0 Å². The lowest BCUT2D eigenvalue weighted by atomic mass is 11.7. The molecule has 0 saturated carbocycles. The molecule has 0 spiro atoms. The predicted octanol–water partition coefficient (Wildman–Crippen LogP) is 1.22. The summed E-state index contributed by atoms with van der Waals surface area (Å²) in [5, 5.41) is 0. The van der Waals surface area contributed by atoms with Gasteiger partial charge in [-0.25, -0.2) is 8.78 Å². The minimum Gasteiger partial charge on any atom is -0.262 e. The molecule has 0 aromatic carbocycles. The van der Waals surface area contributed by atoms with Gasteiger partial charge in [0.15, 0.2) is 0 Å². The Bertz CT molecular complexity index is 28.5. The van der Waals surface area contributed by atoms with Crippen LogP contribution in [0.3, 0.4) is 0 Å². The van der Waals surface area contributed by atoms with E-state index in [1.54, 1.807) is 0 Å². The number of hydrogen-bond acceptors (Lipinski definition) is 0. The molecule has 0 unspecified atom stereocenters. The summed E-state index contributed by atoms with van der Waals surface area (Å²) in [5.41, 5.74) is 0. The van der Waals surface area contributed by atoms with Crippen molar-refractivity contribution in [3.8, 4) is 0 Å². The fourth-order valence-corrected chi connectivity index (χ4v) is 0. The lowest BCUT2D eigenvalue weighted by molar-refractivity contribution is 0.209. The van der Waals surface area contributed by atoms with Gasteiger partial charge in [0.2, 0.25) is 0 Å². The normalized spacial score (nSPS) is 11.0. The van der Waals surface area contributed by atoms with E-state index in [2.05, 4.69) is 0 Å². The van der Waals surface area contributed by atoms with Crippen LogP contribution in [0, 0.1) is 0 Å². The third-order valence-corrected chi connectivity index (χ3v) is 0.495. The molecule has 0 heterocycles. The lowest BCUT2D eigenvalue weighted by Crippen LogP contribution is -2.09. The number of hydrogen-bond donors (Lipinski definition) is 0. The van der Waals surface area contributed by atoms with Gasteiger partial charge < -0.3 is 0 Å². The largest absolute Gasteiger partial charge is 0.544 e. The van der Waals surface area contributed by atoms with E-state index in [1.807, 2.05) is 0 Å². The first-order valence-corrected chi connectivity index (χ1v) is 2.44. The van der Waals surface area contributed by atoms with Gasteiger partial charge in [0.25, 0.3) is 6.05 Å². The lowest BCUT2D eigenvalue weighted by Gasteiger charge is -1.84. The topological polar surface area (TPSA) is 0 Å². The Hall–Kier alpha value is -0.0631. The first-order valence-electron chi connectivity index (χ1n) is 1.10. The molecule has 0 rings (SSSR count). The third kappa shape index (κ3) is 2.19. The molecule has 0 atom stereocenters. The van der Waals surface area contributed by atoms with Crippen LogP contribution in [0.15, 0.2) is 0 Å². The summed E-state index contributed by atoms with van der Waals surface area (Å²) in [5.74, 6) is 0. The van der Waals surface area contributed by atoms with E-state index < -0.39 is 15.5 Å². The zero-order chi connectivity index (χ0) is 5.15. The highest BCUT2D eigenvalue weighted by atomic mass is 28.4. The highest BCUT2D eigenvalue weighted by Gasteiger charge is 2.24. The minimum atomic E-state index is -4.28. The molecule has 0 aliphatic carbocycles. The Kier molecular flexibility index (Phi) is 2.15. The van der Waals surface area contributed by atoms with Crippen molar-refractivity contribution < 1.29 is 17.0 Å².